The molecular weight excluding hydrogens is 208 g/mol. The van der Waals surface area contributed by atoms with Gasteiger partial charge in [0.05, 0.1) is 0 Å². The largest absolute Gasteiger partial charge is 0.316 e. The molecule has 1 aliphatic rings. The lowest BCUT2D eigenvalue weighted by molar-refractivity contribution is 0.176. The van der Waals surface area contributed by atoms with Crippen LogP contribution in [-0.2, 0) is 0 Å². The van der Waals surface area contributed by atoms with Crippen molar-refractivity contribution in [2.24, 2.45) is 5.92 Å². The van der Waals surface area contributed by atoms with E-state index in [-0.39, 0.29) is 0 Å². The van der Waals surface area contributed by atoms with E-state index in [1.54, 1.807) is 0 Å². The third-order valence-corrected chi connectivity index (χ3v) is 3.99. The maximum absolute atomic E-state index is 3.54. The predicted octanol–water partition coefficient (Wildman–Crippen LogP) is 3.28. The van der Waals surface area contributed by atoms with E-state index < -0.39 is 0 Å². The molecule has 2 unspecified atom stereocenters. The molecule has 0 saturated carbocycles. The second-order valence-electron chi connectivity index (χ2n) is 6.03. The van der Waals surface area contributed by atoms with E-state index in [9.17, 15) is 0 Å². The molecule has 1 saturated heterocycles. The van der Waals surface area contributed by atoms with Gasteiger partial charge in [0.2, 0.25) is 0 Å². The SMILES string of the molecule is CCC1CCCN1C(C)CCCNCC(C)C. The number of likely N-dealkylation sites (tertiary alicyclic amines) is 1. The quantitative estimate of drug-likeness (QED) is 0.655. The summed E-state index contributed by atoms with van der Waals surface area (Å²) in [4.78, 5) is 2.74. The normalized spacial score (nSPS) is 23.5. The number of nitrogens with zero attached hydrogens (tertiary/aromatic N) is 1. The van der Waals surface area contributed by atoms with Crippen molar-refractivity contribution in [3.8, 4) is 0 Å². The van der Waals surface area contributed by atoms with Crippen molar-refractivity contribution in [3.05, 3.63) is 0 Å². The van der Waals surface area contributed by atoms with Crippen LogP contribution in [-0.4, -0.2) is 36.6 Å². The van der Waals surface area contributed by atoms with Crippen molar-refractivity contribution in [1.82, 2.24) is 10.2 Å². The summed E-state index contributed by atoms with van der Waals surface area (Å²) in [6, 6.07) is 1.65. The van der Waals surface area contributed by atoms with Gasteiger partial charge < -0.3 is 5.32 Å². The van der Waals surface area contributed by atoms with Crippen molar-refractivity contribution in [2.45, 2.75) is 71.9 Å². The minimum Gasteiger partial charge on any atom is -0.316 e. The zero-order valence-corrected chi connectivity index (χ0v) is 12.3. The van der Waals surface area contributed by atoms with E-state index in [0.29, 0.717) is 0 Å². The Balaban J connectivity index is 2.10. The number of hydrogen-bond donors (Lipinski definition) is 1. The van der Waals surface area contributed by atoms with Gasteiger partial charge in [-0.2, -0.15) is 0 Å². The molecule has 2 atom stereocenters. The monoisotopic (exact) mass is 240 g/mol. The molecule has 0 aromatic rings. The molecule has 0 radical (unpaired) electrons. The van der Waals surface area contributed by atoms with Crippen LogP contribution in [0, 0.1) is 5.92 Å². The zero-order chi connectivity index (χ0) is 12.7. The van der Waals surface area contributed by atoms with Crippen LogP contribution in [0.5, 0.6) is 0 Å². The van der Waals surface area contributed by atoms with E-state index >= 15 is 0 Å². The zero-order valence-electron chi connectivity index (χ0n) is 12.3. The Kier molecular flexibility index (Phi) is 7.14. The molecule has 0 spiro atoms. The lowest BCUT2D eigenvalue weighted by Crippen LogP contribution is -2.37. The Bertz CT molecular complexity index is 191. The summed E-state index contributed by atoms with van der Waals surface area (Å²) in [6.45, 7) is 13.0. The summed E-state index contributed by atoms with van der Waals surface area (Å²) in [7, 11) is 0. The van der Waals surface area contributed by atoms with Crippen molar-refractivity contribution in [1.29, 1.82) is 0 Å². The van der Waals surface area contributed by atoms with Crippen molar-refractivity contribution in [2.75, 3.05) is 19.6 Å². The summed E-state index contributed by atoms with van der Waals surface area (Å²) in [5.41, 5.74) is 0. The molecule has 1 fully saturated rings. The Morgan fingerprint density at radius 3 is 2.71 bits per heavy atom. The third-order valence-electron chi connectivity index (χ3n) is 3.99. The molecule has 102 valence electrons. The van der Waals surface area contributed by atoms with Gasteiger partial charge in [0, 0.05) is 12.1 Å². The lowest BCUT2D eigenvalue weighted by Gasteiger charge is -2.30. The van der Waals surface area contributed by atoms with Gasteiger partial charge in [0.25, 0.3) is 0 Å². The Morgan fingerprint density at radius 2 is 2.06 bits per heavy atom. The smallest absolute Gasteiger partial charge is 0.00959 e. The fourth-order valence-electron chi connectivity index (χ4n) is 2.96. The molecule has 0 aliphatic carbocycles. The maximum Gasteiger partial charge on any atom is 0.00959 e. The molecule has 0 amide bonds. The minimum absolute atomic E-state index is 0.774. The van der Waals surface area contributed by atoms with Gasteiger partial charge in [-0.05, 0) is 64.6 Å². The van der Waals surface area contributed by atoms with E-state index in [0.717, 1.165) is 24.5 Å². The van der Waals surface area contributed by atoms with Gasteiger partial charge in [0.1, 0.15) is 0 Å². The number of hydrogen-bond acceptors (Lipinski definition) is 2. The van der Waals surface area contributed by atoms with Crippen LogP contribution < -0.4 is 5.32 Å². The topological polar surface area (TPSA) is 15.3 Å². The van der Waals surface area contributed by atoms with Crippen LogP contribution >= 0.6 is 0 Å². The Morgan fingerprint density at radius 1 is 1.29 bits per heavy atom. The molecule has 1 N–H and O–H groups in total. The molecule has 0 aromatic carbocycles. The first-order chi connectivity index (χ1) is 8.15. The minimum atomic E-state index is 0.774. The lowest BCUT2D eigenvalue weighted by atomic mass is 10.1. The molecule has 17 heavy (non-hydrogen) atoms. The molecule has 2 heteroatoms. The predicted molar refractivity (Wildman–Crippen MR) is 76.4 cm³/mol. The average molecular weight is 240 g/mol. The Hall–Kier alpha value is -0.0800. The van der Waals surface area contributed by atoms with Gasteiger partial charge in [-0.1, -0.05) is 20.8 Å². The molecule has 1 heterocycles. The fraction of sp³-hybridized carbons (Fsp3) is 1.00. The summed E-state index contributed by atoms with van der Waals surface area (Å²) < 4.78 is 0. The molecule has 0 aromatic heterocycles. The summed E-state index contributed by atoms with van der Waals surface area (Å²) in [6.07, 6.45) is 6.83. The van der Waals surface area contributed by atoms with Crippen LogP contribution in [0.1, 0.15) is 59.8 Å². The van der Waals surface area contributed by atoms with E-state index in [1.807, 2.05) is 0 Å². The molecule has 1 aliphatic heterocycles. The first kappa shape index (κ1) is 15.0. The van der Waals surface area contributed by atoms with Crippen molar-refractivity contribution in [3.63, 3.8) is 0 Å². The number of rotatable bonds is 8. The highest BCUT2D eigenvalue weighted by Crippen LogP contribution is 2.23. The third kappa shape index (κ3) is 5.39. The second kappa shape index (κ2) is 8.10. The van der Waals surface area contributed by atoms with Crippen LogP contribution in [0.25, 0.3) is 0 Å². The molecule has 1 rings (SSSR count). The van der Waals surface area contributed by atoms with Gasteiger partial charge in [-0.15, -0.1) is 0 Å². The molecule has 2 nitrogen and oxygen atoms in total. The fourth-order valence-corrected chi connectivity index (χ4v) is 2.96. The van der Waals surface area contributed by atoms with Crippen LogP contribution in [0.3, 0.4) is 0 Å². The maximum atomic E-state index is 3.54. The summed E-state index contributed by atoms with van der Waals surface area (Å²) >= 11 is 0. The van der Waals surface area contributed by atoms with Gasteiger partial charge >= 0.3 is 0 Å². The highest BCUT2D eigenvalue weighted by atomic mass is 15.2. The van der Waals surface area contributed by atoms with Gasteiger partial charge in [-0.3, -0.25) is 4.90 Å². The molecular formula is C15H32N2. The standard InChI is InChI=1S/C15H32N2/c1-5-15-9-7-11-17(15)14(4)8-6-10-16-12-13(2)3/h13-16H,5-12H2,1-4H3. The summed E-state index contributed by atoms with van der Waals surface area (Å²) in [5, 5.41) is 3.54. The summed E-state index contributed by atoms with van der Waals surface area (Å²) in [5.74, 6) is 0.774. The van der Waals surface area contributed by atoms with Gasteiger partial charge in [-0.25, -0.2) is 0 Å². The average Bonchev–Trinajstić information content (AvgIpc) is 2.75. The molecule has 0 bridgehead atoms. The van der Waals surface area contributed by atoms with Gasteiger partial charge in [0.15, 0.2) is 0 Å². The number of nitrogens with one attached hydrogen (secondary N) is 1. The highest BCUT2D eigenvalue weighted by molar-refractivity contribution is 4.82. The van der Waals surface area contributed by atoms with E-state index in [4.69, 9.17) is 0 Å². The van der Waals surface area contributed by atoms with Crippen LogP contribution in [0.15, 0.2) is 0 Å². The van der Waals surface area contributed by atoms with Crippen LogP contribution in [0.4, 0.5) is 0 Å². The highest BCUT2D eigenvalue weighted by Gasteiger charge is 2.26. The van der Waals surface area contributed by atoms with Crippen molar-refractivity contribution >= 4 is 0 Å². The second-order valence-corrected chi connectivity index (χ2v) is 6.03. The van der Waals surface area contributed by atoms with Crippen molar-refractivity contribution < 1.29 is 0 Å². The Labute approximate surface area is 108 Å². The first-order valence-corrected chi connectivity index (χ1v) is 7.61. The van der Waals surface area contributed by atoms with E-state index in [1.165, 1.54) is 45.2 Å². The van der Waals surface area contributed by atoms with Crippen LogP contribution in [0.2, 0.25) is 0 Å². The first-order valence-electron chi connectivity index (χ1n) is 7.61. The van der Waals surface area contributed by atoms with E-state index in [2.05, 4.69) is 37.9 Å².